The highest BCUT2D eigenvalue weighted by atomic mass is 35.5. The number of thioether (sulfide) groups is 1. The molecule has 4 nitrogen and oxygen atoms in total. The number of benzene rings is 1. The quantitative estimate of drug-likeness (QED) is 0.868. The SMILES string of the molecule is CC(C)(C)[C@@H](O)CSc1nnc(-c2ccc(Cl)cc2)o1. The molecule has 1 atom stereocenters. The van der Waals surface area contributed by atoms with Crippen LogP contribution in [-0.4, -0.2) is 27.2 Å². The maximum atomic E-state index is 9.98. The van der Waals surface area contributed by atoms with E-state index in [1.807, 2.05) is 32.9 Å². The van der Waals surface area contributed by atoms with Gasteiger partial charge in [-0.1, -0.05) is 44.1 Å². The fraction of sp³-hybridized carbons (Fsp3) is 0.429. The molecule has 0 aliphatic carbocycles. The van der Waals surface area contributed by atoms with Crippen molar-refractivity contribution < 1.29 is 9.52 Å². The maximum Gasteiger partial charge on any atom is 0.276 e. The van der Waals surface area contributed by atoms with E-state index in [2.05, 4.69) is 10.2 Å². The number of aliphatic hydroxyl groups is 1. The Morgan fingerprint density at radius 2 is 1.90 bits per heavy atom. The molecular formula is C14H17ClN2O2S. The third-order valence-corrected chi connectivity index (χ3v) is 4.01. The third-order valence-electron chi connectivity index (χ3n) is 2.86. The molecule has 0 fully saturated rings. The molecule has 0 radical (unpaired) electrons. The number of aromatic nitrogens is 2. The summed E-state index contributed by atoms with van der Waals surface area (Å²) in [6, 6.07) is 7.21. The first-order valence-electron chi connectivity index (χ1n) is 6.26. The Balaban J connectivity index is 2.01. The van der Waals surface area contributed by atoms with E-state index >= 15 is 0 Å². The molecule has 6 heteroatoms. The van der Waals surface area contributed by atoms with E-state index in [4.69, 9.17) is 16.0 Å². The molecule has 0 aliphatic heterocycles. The maximum absolute atomic E-state index is 9.98. The molecular weight excluding hydrogens is 296 g/mol. The van der Waals surface area contributed by atoms with Crippen LogP contribution in [0.3, 0.4) is 0 Å². The standard InChI is InChI=1S/C14H17ClN2O2S/c1-14(2,3)11(18)8-20-13-17-16-12(19-13)9-4-6-10(15)7-5-9/h4-7,11,18H,8H2,1-3H3/t11-/m0/s1. The lowest BCUT2D eigenvalue weighted by Crippen LogP contribution is -2.28. The van der Waals surface area contributed by atoms with Crippen LogP contribution in [0.15, 0.2) is 33.9 Å². The second-order valence-corrected chi connectivity index (χ2v) is 6.98. The van der Waals surface area contributed by atoms with Gasteiger partial charge in [0.1, 0.15) is 0 Å². The van der Waals surface area contributed by atoms with Crippen molar-refractivity contribution in [3.63, 3.8) is 0 Å². The molecule has 0 unspecified atom stereocenters. The van der Waals surface area contributed by atoms with Gasteiger partial charge in [-0.05, 0) is 29.7 Å². The number of aliphatic hydroxyl groups excluding tert-OH is 1. The number of halogens is 1. The zero-order valence-corrected chi connectivity index (χ0v) is 13.2. The van der Waals surface area contributed by atoms with Gasteiger partial charge < -0.3 is 9.52 Å². The molecule has 108 valence electrons. The van der Waals surface area contributed by atoms with Crippen LogP contribution < -0.4 is 0 Å². The van der Waals surface area contributed by atoms with Crippen LogP contribution in [0.5, 0.6) is 0 Å². The van der Waals surface area contributed by atoms with Crippen molar-refractivity contribution in [1.29, 1.82) is 0 Å². The highest BCUT2D eigenvalue weighted by molar-refractivity contribution is 7.99. The van der Waals surface area contributed by atoms with Crippen LogP contribution >= 0.6 is 23.4 Å². The predicted octanol–water partition coefficient (Wildman–Crippen LogP) is 3.89. The summed E-state index contributed by atoms with van der Waals surface area (Å²) in [5.41, 5.74) is 0.664. The second kappa shape index (κ2) is 6.16. The van der Waals surface area contributed by atoms with E-state index < -0.39 is 6.10 Å². The van der Waals surface area contributed by atoms with Crippen molar-refractivity contribution in [3.05, 3.63) is 29.3 Å². The van der Waals surface area contributed by atoms with E-state index in [0.29, 0.717) is 21.9 Å². The van der Waals surface area contributed by atoms with E-state index in [0.717, 1.165) is 5.56 Å². The summed E-state index contributed by atoms with van der Waals surface area (Å²) in [6.07, 6.45) is -0.432. The Kier molecular flexibility index (Phi) is 4.73. The normalized spacial score (nSPS) is 13.4. The van der Waals surface area contributed by atoms with Crippen LogP contribution in [0, 0.1) is 5.41 Å². The smallest absolute Gasteiger partial charge is 0.276 e. The number of nitrogens with zero attached hydrogens (tertiary/aromatic N) is 2. The van der Waals surface area contributed by atoms with Gasteiger partial charge in [0.2, 0.25) is 5.89 Å². The van der Waals surface area contributed by atoms with Crippen molar-refractivity contribution >= 4 is 23.4 Å². The predicted molar refractivity (Wildman–Crippen MR) is 80.9 cm³/mol. The van der Waals surface area contributed by atoms with E-state index in [1.165, 1.54) is 11.8 Å². The van der Waals surface area contributed by atoms with Gasteiger partial charge in [-0.25, -0.2) is 0 Å². The molecule has 1 aromatic carbocycles. The topological polar surface area (TPSA) is 59.2 Å². The molecule has 1 heterocycles. The summed E-state index contributed by atoms with van der Waals surface area (Å²) in [5.74, 6) is 0.973. The number of hydrogen-bond acceptors (Lipinski definition) is 5. The molecule has 0 saturated heterocycles. The third kappa shape index (κ3) is 3.98. The molecule has 1 N–H and O–H groups in total. The molecule has 0 spiro atoms. The van der Waals surface area contributed by atoms with Crippen molar-refractivity contribution in [2.75, 3.05) is 5.75 Å². The Labute approximate surface area is 127 Å². The molecule has 1 aromatic heterocycles. The summed E-state index contributed by atoms with van der Waals surface area (Å²) in [5, 5.41) is 19.1. The minimum absolute atomic E-state index is 0.161. The Morgan fingerprint density at radius 1 is 1.25 bits per heavy atom. The minimum Gasteiger partial charge on any atom is -0.411 e. The van der Waals surface area contributed by atoms with Crippen LogP contribution in [0.4, 0.5) is 0 Å². The summed E-state index contributed by atoms with van der Waals surface area (Å²) in [6.45, 7) is 5.97. The van der Waals surface area contributed by atoms with Crippen LogP contribution in [0.1, 0.15) is 20.8 Å². The van der Waals surface area contributed by atoms with E-state index in [1.54, 1.807) is 12.1 Å². The first-order valence-corrected chi connectivity index (χ1v) is 7.63. The van der Waals surface area contributed by atoms with Gasteiger partial charge >= 0.3 is 0 Å². The summed E-state index contributed by atoms with van der Waals surface area (Å²) >= 11 is 7.19. The Hall–Kier alpha value is -1.04. The largest absolute Gasteiger partial charge is 0.411 e. The van der Waals surface area contributed by atoms with Gasteiger partial charge in [0.05, 0.1) is 6.10 Å². The van der Waals surface area contributed by atoms with E-state index in [9.17, 15) is 5.11 Å². The fourth-order valence-corrected chi connectivity index (χ4v) is 2.54. The molecule has 2 rings (SSSR count). The average Bonchev–Trinajstić information content (AvgIpc) is 2.84. The summed E-state index contributed by atoms with van der Waals surface area (Å²) in [7, 11) is 0. The van der Waals surface area contributed by atoms with Gasteiger partial charge in [-0.3, -0.25) is 0 Å². The highest BCUT2D eigenvalue weighted by Gasteiger charge is 2.23. The van der Waals surface area contributed by atoms with Gasteiger partial charge in [0.15, 0.2) is 0 Å². The molecule has 2 aromatic rings. The first-order chi connectivity index (χ1) is 9.36. The average molecular weight is 313 g/mol. The minimum atomic E-state index is -0.432. The second-order valence-electron chi connectivity index (χ2n) is 5.57. The van der Waals surface area contributed by atoms with Crippen LogP contribution in [-0.2, 0) is 0 Å². The van der Waals surface area contributed by atoms with Crippen molar-refractivity contribution in [1.82, 2.24) is 10.2 Å². The van der Waals surface area contributed by atoms with Gasteiger partial charge in [-0.2, -0.15) is 0 Å². The molecule has 0 aliphatic rings. The van der Waals surface area contributed by atoms with Crippen LogP contribution in [0.2, 0.25) is 5.02 Å². The molecule has 20 heavy (non-hydrogen) atoms. The van der Waals surface area contributed by atoms with Crippen LogP contribution in [0.25, 0.3) is 11.5 Å². The number of rotatable bonds is 4. The van der Waals surface area contributed by atoms with Gasteiger partial charge in [0, 0.05) is 16.3 Å². The fourth-order valence-electron chi connectivity index (χ4n) is 1.38. The summed E-state index contributed by atoms with van der Waals surface area (Å²) < 4.78 is 5.56. The number of hydrogen-bond donors (Lipinski definition) is 1. The molecule has 0 amide bonds. The van der Waals surface area contributed by atoms with Gasteiger partial charge in [0.25, 0.3) is 5.22 Å². The highest BCUT2D eigenvalue weighted by Crippen LogP contribution is 2.28. The Morgan fingerprint density at radius 3 is 2.50 bits per heavy atom. The Bertz CT molecular complexity index is 563. The van der Waals surface area contributed by atoms with Crippen molar-refractivity contribution in [2.45, 2.75) is 32.1 Å². The molecule has 0 bridgehead atoms. The zero-order chi connectivity index (χ0) is 14.8. The lowest BCUT2D eigenvalue weighted by atomic mass is 9.90. The van der Waals surface area contributed by atoms with Crippen molar-refractivity contribution in [3.8, 4) is 11.5 Å². The lowest BCUT2D eigenvalue weighted by molar-refractivity contribution is 0.0841. The monoisotopic (exact) mass is 312 g/mol. The van der Waals surface area contributed by atoms with Gasteiger partial charge in [-0.15, -0.1) is 10.2 Å². The first kappa shape index (κ1) is 15.4. The zero-order valence-electron chi connectivity index (χ0n) is 11.6. The lowest BCUT2D eigenvalue weighted by Gasteiger charge is -2.24. The van der Waals surface area contributed by atoms with Crippen molar-refractivity contribution in [2.24, 2.45) is 5.41 Å². The molecule has 0 saturated carbocycles. The summed E-state index contributed by atoms with van der Waals surface area (Å²) in [4.78, 5) is 0. The van der Waals surface area contributed by atoms with E-state index in [-0.39, 0.29) is 5.41 Å².